The van der Waals surface area contributed by atoms with Crippen LogP contribution in [0.4, 0.5) is 4.39 Å². The molecule has 2 unspecified atom stereocenters. The third kappa shape index (κ3) is 3.05. The molecule has 4 heterocycles. The fraction of sp³-hybridized carbons (Fsp3) is 0.375. The molecule has 1 saturated heterocycles. The maximum Gasteiger partial charge on any atom is 0.232 e. The Balaban J connectivity index is 1.59. The lowest BCUT2D eigenvalue weighted by Crippen LogP contribution is -2.55. The van der Waals surface area contributed by atoms with Gasteiger partial charge in [-0.2, -0.15) is 0 Å². The zero-order valence-electron chi connectivity index (χ0n) is 18.8. The minimum Gasteiger partial charge on any atom is -0.480 e. The van der Waals surface area contributed by atoms with E-state index in [0.717, 1.165) is 5.56 Å². The average molecular weight is 468 g/mol. The van der Waals surface area contributed by atoms with Gasteiger partial charge < -0.3 is 10.5 Å². The normalized spacial score (nSPS) is 30.9. The number of amidine groups is 1. The lowest BCUT2D eigenvalue weighted by atomic mass is 9.85. The summed E-state index contributed by atoms with van der Waals surface area (Å²) in [5.41, 5.74) is 8.50. The summed E-state index contributed by atoms with van der Waals surface area (Å²) in [7, 11) is -1.08. The summed E-state index contributed by atoms with van der Waals surface area (Å²) >= 11 is 0. The van der Waals surface area contributed by atoms with E-state index in [0.29, 0.717) is 53.3 Å². The highest BCUT2D eigenvalue weighted by Gasteiger charge is 2.59. The Kier molecular flexibility index (Phi) is 4.76. The van der Waals surface area contributed by atoms with Gasteiger partial charge in [0.05, 0.1) is 34.5 Å². The van der Waals surface area contributed by atoms with Gasteiger partial charge in [-0.15, -0.1) is 0 Å². The summed E-state index contributed by atoms with van der Waals surface area (Å²) in [5, 5.41) is -0.388. The average Bonchev–Trinajstić information content (AvgIpc) is 2.97. The number of methoxy groups -OCH3 is 1. The molecule has 0 aliphatic carbocycles. The van der Waals surface area contributed by atoms with Crippen LogP contribution in [0, 0.1) is 5.82 Å². The first-order chi connectivity index (χ1) is 15.6. The van der Waals surface area contributed by atoms with Crippen LogP contribution >= 0.6 is 0 Å². The second-order valence-corrected chi connectivity index (χ2v) is 12.1. The third-order valence-electron chi connectivity index (χ3n) is 7.30. The topological polar surface area (TPSA) is 103 Å². The van der Waals surface area contributed by atoms with Gasteiger partial charge in [-0.3, -0.25) is 14.2 Å². The second kappa shape index (κ2) is 7.21. The number of rotatable bonds is 4. The number of aliphatic imine (C=N–C) groups is 1. The van der Waals surface area contributed by atoms with Crippen molar-refractivity contribution in [3.63, 3.8) is 0 Å². The predicted octanol–water partition coefficient (Wildman–Crippen LogP) is 2.99. The molecule has 4 atom stereocenters. The molecule has 5 rings (SSSR count). The van der Waals surface area contributed by atoms with Crippen molar-refractivity contribution in [2.75, 3.05) is 7.11 Å². The molecular formula is C24H26FN5O2S. The van der Waals surface area contributed by atoms with Crippen molar-refractivity contribution < 1.29 is 13.3 Å². The van der Waals surface area contributed by atoms with Crippen LogP contribution in [0.3, 0.4) is 0 Å². The number of aromatic nitrogens is 3. The van der Waals surface area contributed by atoms with Gasteiger partial charge in [0.25, 0.3) is 0 Å². The van der Waals surface area contributed by atoms with Crippen molar-refractivity contribution in [2.45, 2.75) is 48.6 Å². The maximum atomic E-state index is 15.2. The smallest absolute Gasteiger partial charge is 0.232 e. The van der Waals surface area contributed by atoms with Gasteiger partial charge in [0.15, 0.2) is 0 Å². The SMILES string of the molecule is C=S1(=O)C2CC[C@]1(C)C(N)=N[C@]2(C)c1cc(Cc2nccc3nc(OC)cnc23)ccc1F. The zero-order valence-corrected chi connectivity index (χ0v) is 19.7. The van der Waals surface area contributed by atoms with E-state index in [1.807, 2.05) is 13.8 Å². The van der Waals surface area contributed by atoms with E-state index >= 15 is 4.39 Å². The molecule has 1 aromatic carbocycles. The first-order valence-corrected chi connectivity index (χ1v) is 12.5. The van der Waals surface area contributed by atoms with Crippen LogP contribution in [0.1, 0.15) is 43.5 Å². The summed E-state index contributed by atoms with van der Waals surface area (Å²) in [4.78, 5) is 18.1. The van der Waals surface area contributed by atoms with Gasteiger partial charge in [-0.05, 0) is 59.8 Å². The minimum absolute atomic E-state index is 0.295. The van der Waals surface area contributed by atoms with Gasteiger partial charge in [0.2, 0.25) is 5.88 Å². The monoisotopic (exact) mass is 467 g/mol. The predicted molar refractivity (Wildman–Crippen MR) is 129 cm³/mol. The Labute approximate surface area is 192 Å². The van der Waals surface area contributed by atoms with Gasteiger partial charge in [-0.25, -0.2) is 14.4 Å². The van der Waals surface area contributed by atoms with E-state index in [1.165, 1.54) is 13.2 Å². The highest BCUT2D eigenvalue weighted by Crippen LogP contribution is 2.51. The number of ether oxygens (including phenoxy) is 1. The Hall–Kier alpha value is -3.07. The van der Waals surface area contributed by atoms with Crippen molar-refractivity contribution in [2.24, 2.45) is 10.7 Å². The standard InChI is InChI=1S/C24H26FN5O2S/c1-23-9-7-19(33(23,4)31)24(2,30-22(23)26)15-11-14(5-6-16(15)25)12-18-21-17(8-10-27-18)29-20(32-3)13-28-21/h5-6,8,10-11,13,19H,4,7,9,12H2,1-3H3,(H2,26,30)/t19?,23-,24-,33?/m1/s1. The van der Waals surface area contributed by atoms with Crippen molar-refractivity contribution >= 4 is 32.3 Å². The molecule has 0 saturated carbocycles. The third-order valence-corrected chi connectivity index (χ3v) is 10.8. The molecule has 0 radical (unpaired) electrons. The zero-order chi connectivity index (χ0) is 23.6. The fourth-order valence-corrected chi connectivity index (χ4v) is 8.10. The van der Waals surface area contributed by atoms with Crippen LogP contribution in [0.2, 0.25) is 0 Å². The highest BCUT2D eigenvalue weighted by molar-refractivity contribution is 8.03. The van der Waals surface area contributed by atoms with E-state index in [1.54, 1.807) is 30.6 Å². The molecule has 2 aliphatic heterocycles. The Morgan fingerprint density at radius 3 is 2.85 bits per heavy atom. The van der Waals surface area contributed by atoms with Crippen LogP contribution in [-0.4, -0.2) is 48.0 Å². The quantitative estimate of drug-likeness (QED) is 0.592. The Bertz CT molecular complexity index is 1420. The van der Waals surface area contributed by atoms with Crippen LogP contribution in [0.15, 0.2) is 41.7 Å². The summed E-state index contributed by atoms with van der Waals surface area (Å²) < 4.78 is 33.3. The number of nitrogens with two attached hydrogens (primary N) is 1. The van der Waals surface area contributed by atoms with Gasteiger partial charge in [0.1, 0.15) is 22.7 Å². The van der Waals surface area contributed by atoms with Gasteiger partial charge in [-0.1, -0.05) is 12.1 Å². The first-order valence-electron chi connectivity index (χ1n) is 10.7. The van der Waals surface area contributed by atoms with Crippen LogP contribution < -0.4 is 10.5 Å². The van der Waals surface area contributed by atoms with Gasteiger partial charge in [0, 0.05) is 18.2 Å². The summed E-state index contributed by atoms with van der Waals surface area (Å²) in [6, 6.07) is 6.69. The van der Waals surface area contributed by atoms with E-state index in [-0.39, 0.29) is 5.25 Å². The summed E-state index contributed by atoms with van der Waals surface area (Å²) in [6.45, 7) is 3.67. The minimum atomic E-state index is -2.62. The molecular weight excluding hydrogens is 441 g/mol. The summed E-state index contributed by atoms with van der Waals surface area (Å²) in [5.74, 6) is 4.39. The number of halogens is 1. The van der Waals surface area contributed by atoms with E-state index in [9.17, 15) is 4.21 Å². The van der Waals surface area contributed by atoms with Gasteiger partial charge >= 0.3 is 0 Å². The van der Waals surface area contributed by atoms with E-state index in [4.69, 9.17) is 15.5 Å². The molecule has 33 heavy (non-hydrogen) atoms. The van der Waals surface area contributed by atoms with E-state index < -0.39 is 25.6 Å². The maximum absolute atomic E-state index is 15.2. The van der Waals surface area contributed by atoms with E-state index in [2.05, 4.69) is 20.8 Å². The molecule has 172 valence electrons. The largest absolute Gasteiger partial charge is 0.480 e. The first kappa shape index (κ1) is 21.8. The molecule has 9 heteroatoms. The molecule has 0 spiro atoms. The van der Waals surface area contributed by atoms with Crippen molar-refractivity contribution in [1.82, 2.24) is 15.0 Å². The molecule has 2 aliphatic rings. The number of pyridine rings is 1. The number of hydrogen-bond donors (Lipinski definition) is 1. The number of nitrogens with zero attached hydrogens (tertiary/aromatic N) is 4. The highest BCUT2D eigenvalue weighted by atomic mass is 32.2. The lowest BCUT2D eigenvalue weighted by molar-refractivity contribution is 0.397. The second-order valence-electron chi connectivity index (χ2n) is 9.16. The molecule has 2 aromatic heterocycles. The molecule has 2 bridgehead atoms. The Morgan fingerprint density at radius 2 is 2.09 bits per heavy atom. The number of hydrogen-bond acceptors (Lipinski definition) is 7. The van der Waals surface area contributed by atoms with Crippen LogP contribution in [-0.2, 0) is 21.5 Å². The van der Waals surface area contributed by atoms with Crippen LogP contribution in [0.5, 0.6) is 5.88 Å². The lowest BCUT2D eigenvalue weighted by Gasteiger charge is -2.42. The Morgan fingerprint density at radius 1 is 1.30 bits per heavy atom. The van der Waals surface area contributed by atoms with Crippen molar-refractivity contribution in [1.29, 1.82) is 0 Å². The molecule has 3 aromatic rings. The molecule has 1 fully saturated rings. The molecule has 2 N–H and O–H groups in total. The number of fused-ring (bicyclic) bond motifs is 3. The summed E-state index contributed by atoms with van der Waals surface area (Å²) in [6.07, 6.45) is 4.90. The molecule has 0 amide bonds. The molecule has 7 nitrogen and oxygen atoms in total. The van der Waals surface area contributed by atoms with Crippen LogP contribution in [0.25, 0.3) is 11.0 Å². The number of benzene rings is 1. The van der Waals surface area contributed by atoms with Crippen molar-refractivity contribution in [3.05, 3.63) is 59.3 Å². The fourth-order valence-electron chi connectivity index (χ4n) is 5.19. The van der Waals surface area contributed by atoms with Crippen molar-refractivity contribution in [3.8, 4) is 5.88 Å².